The van der Waals surface area contributed by atoms with Gasteiger partial charge in [0.15, 0.2) is 5.16 Å². The van der Waals surface area contributed by atoms with E-state index >= 15 is 0 Å². The second-order valence-electron chi connectivity index (χ2n) is 5.28. The number of anilines is 1. The number of amides is 1. The van der Waals surface area contributed by atoms with Gasteiger partial charge in [-0.25, -0.2) is 4.98 Å². The van der Waals surface area contributed by atoms with Gasteiger partial charge in [0.05, 0.1) is 16.8 Å². The Labute approximate surface area is 152 Å². The van der Waals surface area contributed by atoms with Crippen LogP contribution >= 0.6 is 23.4 Å². The lowest BCUT2D eigenvalue weighted by Gasteiger charge is -2.09. The molecule has 1 N–H and O–H groups in total. The number of imidazole rings is 1. The third kappa shape index (κ3) is 3.78. The Hall–Kier alpha value is -2.51. The van der Waals surface area contributed by atoms with Gasteiger partial charge in [-0.05, 0) is 42.8 Å². The van der Waals surface area contributed by atoms with E-state index in [-0.39, 0.29) is 16.8 Å². The predicted octanol–water partition coefficient (Wildman–Crippen LogP) is 2.92. The number of hydrogen-bond donors (Lipinski definition) is 1. The van der Waals surface area contributed by atoms with Gasteiger partial charge < -0.3 is 15.2 Å². The summed E-state index contributed by atoms with van der Waals surface area (Å²) in [6, 6.07) is 12.0. The number of carbonyl (C=O) groups excluding carboxylic acids is 2. The topological polar surface area (TPSA) is 87.0 Å². The molecule has 1 aromatic heterocycles. The van der Waals surface area contributed by atoms with Crippen LogP contribution in [0, 0.1) is 6.92 Å². The van der Waals surface area contributed by atoms with Gasteiger partial charge in [-0.2, -0.15) is 0 Å². The zero-order chi connectivity index (χ0) is 18.0. The molecule has 0 radical (unpaired) electrons. The second-order valence-corrected chi connectivity index (χ2v) is 6.66. The molecule has 2 aromatic carbocycles. The van der Waals surface area contributed by atoms with Crippen LogP contribution in [0.25, 0.3) is 11.0 Å². The summed E-state index contributed by atoms with van der Waals surface area (Å²) in [5, 5.41) is 15.0. The van der Waals surface area contributed by atoms with Crippen molar-refractivity contribution in [3.8, 4) is 0 Å². The molecule has 3 rings (SSSR count). The maximum atomic E-state index is 12.1. The first kappa shape index (κ1) is 17.3. The molecule has 0 atom stereocenters. The molecule has 3 aromatic rings. The van der Waals surface area contributed by atoms with E-state index in [4.69, 9.17) is 11.6 Å². The molecule has 128 valence electrons. The van der Waals surface area contributed by atoms with E-state index in [0.29, 0.717) is 21.7 Å². The number of hydrogen-bond acceptors (Lipinski definition) is 5. The summed E-state index contributed by atoms with van der Waals surface area (Å²) in [7, 11) is 0. The quantitative estimate of drug-likeness (QED) is 0.709. The first-order chi connectivity index (χ1) is 12.0. The Balaban J connectivity index is 1.77. The number of halogens is 1. The number of para-hydroxylation sites is 1. The average Bonchev–Trinajstić information content (AvgIpc) is 2.95. The van der Waals surface area contributed by atoms with Crippen molar-refractivity contribution >= 4 is 52.1 Å². The van der Waals surface area contributed by atoms with E-state index in [1.54, 1.807) is 36.4 Å². The summed E-state index contributed by atoms with van der Waals surface area (Å²) >= 11 is 6.83. The summed E-state index contributed by atoms with van der Waals surface area (Å²) in [6.45, 7) is 1.84. The highest BCUT2D eigenvalue weighted by molar-refractivity contribution is 7.99. The van der Waals surface area contributed by atoms with Crippen LogP contribution < -0.4 is 10.4 Å². The molecular formula is C17H13ClN3O3S-. The molecule has 8 heteroatoms. The summed E-state index contributed by atoms with van der Waals surface area (Å²) in [5.74, 6) is -0.265. The standard InChI is InChI=1S/C17H14ClN3O3S/c1-10-3-2-4-13-15(10)20-16(21(13)17(23)24)25-9-14(22)19-12-7-5-11(18)6-8-12/h2-8H,9H2,1H3,(H,19,22)(H,23,24)/p-1. The Morgan fingerprint density at radius 1 is 1.24 bits per heavy atom. The van der Waals surface area contributed by atoms with Crippen LogP contribution in [0.1, 0.15) is 5.56 Å². The lowest BCUT2D eigenvalue weighted by atomic mass is 10.2. The average molecular weight is 375 g/mol. The Morgan fingerprint density at radius 3 is 2.64 bits per heavy atom. The molecule has 0 aliphatic rings. The number of nitrogens with zero attached hydrogens (tertiary/aromatic N) is 2. The summed E-state index contributed by atoms with van der Waals surface area (Å²) in [4.78, 5) is 27.9. The van der Waals surface area contributed by atoms with Crippen LogP contribution in [-0.2, 0) is 4.79 Å². The van der Waals surface area contributed by atoms with Gasteiger partial charge in [-0.3, -0.25) is 9.36 Å². The number of benzene rings is 2. The number of carbonyl (C=O) groups is 2. The van der Waals surface area contributed by atoms with Crippen LogP contribution in [-0.4, -0.2) is 27.3 Å². The number of carboxylic acid groups (broad SMARTS) is 1. The molecular weight excluding hydrogens is 362 g/mol. The summed E-state index contributed by atoms with van der Waals surface area (Å²) < 4.78 is 0.989. The lowest BCUT2D eigenvalue weighted by molar-refractivity contribution is -0.250. The predicted molar refractivity (Wildman–Crippen MR) is 96.1 cm³/mol. The van der Waals surface area contributed by atoms with Crippen molar-refractivity contribution in [2.45, 2.75) is 12.1 Å². The van der Waals surface area contributed by atoms with Gasteiger partial charge in [0, 0.05) is 10.7 Å². The van der Waals surface area contributed by atoms with Crippen molar-refractivity contribution in [3.05, 3.63) is 53.1 Å². The van der Waals surface area contributed by atoms with Crippen LogP contribution in [0.4, 0.5) is 10.5 Å². The van der Waals surface area contributed by atoms with Crippen LogP contribution in [0.2, 0.25) is 5.02 Å². The summed E-state index contributed by atoms with van der Waals surface area (Å²) in [6.07, 6.45) is -1.38. The number of thioether (sulfide) groups is 1. The van der Waals surface area contributed by atoms with Crippen molar-refractivity contribution in [3.63, 3.8) is 0 Å². The fourth-order valence-corrected chi connectivity index (χ4v) is 3.27. The minimum atomic E-state index is -1.38. The van der Waals surface area contributed by atoms with Crippen molar-refractivity contribution in [1.29, 1.82) is 0 Å². The first-order valence-electron chi connectivity index (χ1n) is 7.33. The highest BCUT2D eigenvalue weighted by atomic mass is 35.5. The van der Waals surface area contributed by atoms with Gasteiger partial charge in [-0.15, -0.1) is 0 Å². The fraction of sp³-hybridized carbons (Fsp3) is 0.118. The number of fused-ring (bicyclic) bond motifs is 1. The lowest BCUT2D eigenvalue weighted by Crippen LogP contribution is -2.29. The smallest absolute Gasteiger partial charge is 0.234 e. The zero-order valence-electron chi connectivity index (χ0n) is 13.2. The molecule has 0 fully saturated rings. The maximum Gasteiger partial charge on any atom is 0.234 e. The first-order valence-corrected chi connectivity index (χ1v) is 8.69. The van der Waals surface area contributed by atoms with Gasteiger partial charge in [0.1, 0.15) is 6.09 Å². The van der Waals surface area contributed by atoms with Crippen molar-refractivity contribution in [2.24, 2.45) is 0 Å². The van der Waals surface area contributed by atoms with E-state index in [9.17, 15) is 14.7 Å². The monoisotopic (exact) mass is 374 g/mol. The highest BCUT2D eigenvalue weighted by Crippen LogP contribution is 2.25. The molecule has 0 bridgehead atoms. The number of aryl methyl sites for hydroxylation is 1. The molecule has 0 aliphatic heterocycles. The number of rotatable bonds is 4. The van der Waals surface area contributed by atoms with E-state index in [0.717, 1.165) is 21.9 Å². The normalized spacial score (nSPS) is 10.8. The van der Waals surface area contributed by atoms with Gasteiger partial charge >= 0.3 is 0 Å². The minimum absolute atomic E-state index is 0.0122. The Morgan fingerprint density at radius 2 is 1.96 bits per heavy atom. The minimum Gasteiger partial charge on any atom is -0.529 e. The van der Waals surface area contributed by atoms with Crippen LogP contribution in [0.5, 0.6) is 0 Å². The highest BCUT2D eigenvalue weighted by Gasteiger charge is 2.15. The third-order valence-corrected chi connectivity index (χ3v) is 4.69. The molecule has 25 heavy (non-hydrogen) atoms. The molecule has 0 aliphatic carbocycles. The Kier molecular flexibility index (Phi) is 4.96. The molecule has 0 saturated heterocycles. The van der Waals surface area contributed by atoms with E-state index in [2.05, 4.69) is 10.3 Å². The van der Waals surface area contributed by atoms with Gasteiger partial charge in [0.25, 0.3) is 0 Å². The van der Waals surface area contributed by atoms with Crippen LogP contribution in [0.15, 0.2) is 47.6 Å². The van der Waals surface area contributed by atoms with Gasteiger partial charge in [0.2, 0.25) is 5.91 Å². The van der Waals surface area contributed by atoms with Gasteiger partial charge in [-0.1, -0.05) is 35.5 Å². The second kappa shape index (κ2) is 7.16. The molecule has 0 saturated carbocycles. The van der Waals surface area contributed by atoms with E-state index in [1.165, 1.54) is 0 Å². The summed E-state index contributed by atoms with van der Waals surface area (Å²) in [5.41, 5.74) is 2.48. The molecule has 0 spiro atoms. The Bertz CT molecular complexity index is 954. The molecule has 0 unspecified atom stereocenters. The third-order valence-electron chi connectivity index (χ3n) is 3.50. The van der Waals surface area contributed by atoms with Crippen molar-refractivity contribution in [2.75, 3.05) is 11.1 Å². The largest absolute Gasteiger partial charge is 0.529 e. The van der Waals surface area contributed by atoms with Crippen molar-refractivity contribution in [1.82, 2.24) is 9.55 Å². The van der Waals surface area contributed by atoms with Crippen molar-refractivity contribution < 1.29 is 14.7 Å². The SMILES string of the molecule is Cc1cccc2c1nc(SCC(=O)Nc1ccc(Cl)cc1)n2C(=O)[O-]. The van der Waals surface area contributed by atoms with E-state index in [1.807, 2.05) is 13.0 Å². The van der Waals surface area contributed by atoms with E-state index < -0.39 is 6.09 Å². The molecule has 1 amide bonds. The molecule has 1 heterocycles. The zero-order valence-corrected chi connectivity index (χ0v) is 14.7. The van der Waals surface area contributed by atoms with Crippen LogP contribution in [0.3, 0.4) is 0 Å². The fourth-order valence-electron chi connectivity index (χ4n) is 2.35. The molecule has 6 nitrogen and oxygen atoms in total. The maximum absolute atomic E-state index is 12.1. The number of nitrogens with one attached hydrogen (secondary N) is 1. The number of aromatic nitrogens is 2.